The number of carbonyl (C=O) groups is 1. The standard InChI is InChI=1S/C13H15N3O2S2/c1-18-12(17)9-4-6-16(7-5-9)13-15-14-11(20-13)10-3-2-8-19-10/h2-3,8-9H,4-7H2,1H3. The summed E-state index contributed by atoms with van der Waals surface area (Å²) >= 11 is 3.28. The van der Waals surface area contributed by atoms with Gasteiger partial charge >= 0.3 is 5.97 Å². The van der Waals surface area contributed by atoms with Crippen molar-refractivity contribution in [3.63, 3.8) is 0 Å². The van der Waals surface area contributed by atoms with Crippen molar-refractivity contribution >= 4 is 33.8 Å². The van der Waals surface area contributed by atoms with E-state index in [1.54, 1.807) is 22.7 Å². The highest BCUT2D eigenvalue weighted by Crippen LogP contribution is 2.33. The fourth-order valence-corrected chi connectivity index (χ4v) is 4.00. The maximum atomic E-state index is 11.5. The topological polar surface area (TPSA) is 55.3 Å². The zero-order valence-corrected chi connectivity index (χ0v) is 12.7. The van der Waals surface area contributed by atoms with E-state index in [-0.39, 0.29) is 11.9 Å². The highest BCUT2D eigenvalue weighted by Gasteiger charge is 2.27. The minimum atomic E-state index is -0.0961. The van der Waals surface area contributed by atoms with Crippen LogP contribution in [0.15, 0.2) is 17.5 Å². The molecule has 0 amide bonds. The number of thiophene rings is 1. The molecule has 1 aliphatic rings. The van der Waals surface area contributed by atoms with Crippen molar-refractivity contribution in [3.8, 4) is 9.88 Å². The molecule has 5 nitrogen and oxygen atoms in total. The fourth-order valence-electron chi connectivity index (χ4n) is 2.32. The highest BCUT2D eigenvalue weighted by molar-refractivity contribution is 7.22. The lowest BCUT2D eigenvalue weighted by Crippen LogP contribution is -2.36. The van der Waals surface area contributed by atoms with Crippen LogP contribution < -0.4 is 4.90 Å². The molecule has 20 heavy (non-hydrogen) atoms. The normalized spacial score (nSPS) is 16.4. The summed E-state index contributed by atoms with van der Waals surface area (Å²) in [4.78, 5) is 14.9. The first kappa shape index (κ1) is 13.5. The molecule has 1 aliphatic heterocycles. The number of piperidine rings is 1. The quantitative estimate of drug-likeness (QED) is 0.816. The van der Waals surface area contributed by atoms with Crippen molar-refractivity contribution in [2.45, 2.75) is 12.8 Å². The predicted octanol–water partition coefficient (Wildman–Crippen LogP) is 2.66. The largest absolute Gasteiger partial charge is 0.469 e. The van der Waals surface area contributed by atoms with Crippen LogP contribution in [-0.2, 0) is 9.53 Å². The van der Waals surface area contributed by atoms with Gasteiger partial charge in [-0.05, 0) is 24.3 Å². The summed E-state index contributed by atoms with van der Waals surface area (Å²) in [6, 6.07) is 4.07. The Morgan fingerprint density at radius 2 is 2.20 bits per heavy atom. The van der Waals surface area contributed by atoms with Gasteiger partial charge in [-0.2, -0.15) is 0 Å². The third-order valence-electron chi connectivity index (χ3n) is 3.45. The molecule has 1 fully saturated rings. The molecule has 0 N–H and O–H groups in total. The maximum Gasteiger partial charge on any atom is 0.308 e. The van der Waals surface area contributed by atoms with E-state index in [0.717, 1.165) is 40.9 Å². The Morgan fingerprint density at radius 3 is 2.85 bits per heavy atom. The van der Waals surface area contributed by atoms with E-state index >= 15 is 0 Å². The third kappa shape index (κ3) is 2.69. The number of methoxy groups -OCH3 is 1. The summed E-state index contributed by atoms with van der Waals surface area (Å²) in [5.41, 5.74) is 0. The zero-order chi connectivity index (χ0) is 13.9. The molecule has 2 aromatic heterocycles. The number of esters is 1. The van der Waals surface area contributed by atoms with E-state index in [1.807, 2.05) is 11.4 Å². The van der Waals surface area contributed by atoms with Crippen LogP contribution in [0.4, 0.5) is 5.13 Å². The van der Waals surface area contributed by atoms with E-state index in [9.17, 15) is 4.79 Å². The van der Waals surface area contributed by atoms with Crippen LogP contribution in [0.3, 0.4) is 0 Å². The molecular formula is C13H15N3O2S2. The molecule has 2 aromatic rings. The van der Waals surface area contributed by atoms with Gasteiger partial charge in [-0.3, -0.25) is 4.79 Å². The minimum Gasteiger partial charge on any atom is -0.469 e. The van der Waals surface area contributed by atoms with Gasteiger partial charge in [0.15, 0.2) is 5.01 Å². The minimum absolute atomic E-state index is 0.0286. The Hall–Kier alpha value is -1.47. The monoisotopic (exact) mass is 309 g/mol. The fraction of sp³-hybridized carbons (Fsp3) is 0.462. The molecule has 1 saturated heterocycles. The second-order valence-corrected chi connectivity index (χ2v) is 6.56. The molecular weight excluding hydrogens is 294 g/mol. The highest BCUT2D eigenvalue weighted by atomic mass is 32.1. The van der Waals surface area contributed by atoms with Crippen LogP contribution in [0.5, 0.6) is 0 Å². The average Bonchev–Trinajstić information content (AvgIpc) is 3.17. The number of ether oxygens (including phenoxy) is 1. The van der Waals surface area contributed by atoms with Gasteiger partial charge in [0.25, 0.3) is 0 Å². The van der Waals surface area contributed by atoms with Gasteiger partial charge in [0.2, 0.25) is 5.13 Å². The third-order valence-corrected chi connectivity index (χ3v) is 5.47. The van der Waals surface area contributed by atoms with Crippen LogP contribution in [0.2, 0.25) is 0 Å². The summed E-state index contributed by atoms with van der Waals surface area (Å²) in [6.45, 7) is 1.66. The Kier molecular flexibility index (Phi) is 3.98. The first-order chi connectivity index (χ1) is 9.78. The van der Waals surface area contributed by atoms with E-state index in [2.05, 4.69) is 21.2 Å². The van der Waals surface area contributed by atoms with Gasteiger partial charge in [0.05, 0.1) is 17.9 Å². The number of rotatable bonds is 3. The molecule has 106 valence electrons. The average molecular weight is 309 g/mol. The molecule has 0 radical (unpaired) electrons. The van der Waals surface area contributed by atoms with Crippen molar-refractivity contribution in [3.05, 3.63) is 17.5 Å². The lowest BCUT2D eigenvalue weighted by Gasteiger charge is -2.29. The van der Waals surface area contributed by atoms with Gasteiger partial charge in [0.1, 0.15) is 0 Å². The van der Waals surface area contributed by atoms with Crippen molar-refractivity contribution in [2.24, 2.45) is 5.92 Å². The number of aromatic nitrogens is 2. The Bertz CT molecular complexity index is 574. The Balaban J connectivity index is 1.65. The van der Waals surface area contributed by atoms with Crippen LogP contribution >= 0.6 is 22.7 Å². The molecule has 0 aliphatic carbocycles. The number of nitrogens with zero attached hydrogens (tertiary/aromatic N) is 3. The van der Waals surface area contributed by atoms with Gasteiger partial charge in [-0.1, -0.05) is 17.4 Å². The summed E-state index contributed by atoms with van der Waals surface area (Å²) in [5, 5.41) is 12.5. The molecule has 3 rings (SSSR count). The van der Waals surface area contributed by atoms with Gasteiger partial charge < -0.3 is 9.64 Å². The number of carbonyl (C=O) groups excluding carboxylic acids is 1. The summed E-state index contributed by atoms with van der Waals surface area (Å²) in [7, 11) is 1.45. The lowest BCUT2D eigenvalue weighted by atomic mass is 9.97. The van der Waals surface area contributed by atoms with Gasteiger partial charge in [0, 0.05) is 13.1 Å². The predicted molar refractivity (Wildman–Crippen MR) is 80.2 cm³/mol. The van der Waals surface area contributed by atoms with E-state index in [4.69, 9.17) is 4.74 Å². The summed E-state index contributed by atoms with van der Waals surface area (Å²) in [5.74, 6) is -0.0675. The molecule has 7 heteroatoms. The molecule has 0 spiro atoms. The Morgan fingerprint density at radius 1 is 1.40 bits per heavy atom. The summed E-state index contributed by atoms with van der Waals surface area (Å²) < 4.78 is 4.80. The van der Waals surface area contributed by atoms with Gasteiger partial charge in [-0.15, -0.1) is 21.5 Å². The smallest absolute Gasteiger partial charge is 0.308 e. The van der Waals surface area contributed by atoms with Crippen LogP contribution in [0.25, 0.3) is 9.88 Å². The second-order valence-electron chi connectivity index (χ2n) is 4.65. The lowest BCUT2D eigenvalue weighted by molar-refractivity contribution is -0.146. The number of hydrogen-bond donors (Lipinski definition) is 0. The van der Waals surface area contributed by atoms with Crippen LogP contribution in [0, 0.1) is 5.92 Å². The molecule has 0 unspecified atom stereocenters. The van der Waals surface area contributed by atoms with Crippen LogP contribution in [0.1, 0.15) is 12.8 Å². The van der Waals surface area contributed by atoms with E-state index < -0.39 is 0 Å². The molecule has 0 aromatic carbocycles. The first-order valence-corrected chi connectivity index (χ1v) is 8.17. The first-order valence-electron chi connectivity index (χ1n) is 6.48. The van der Waals surface area contributed by atoms with E-state index in [1.165, 1.54) is 7.11 Å². The maximum absolute atomic E-state index is 11.5. The SMILES string of the molecule is COC(=O)C1CCN(c2nnc(-c3cccs3)s2)CC1. The number of anilines is 1. The second kappa shape index (κ2) is 5.88. The molecule has 0 atom stereocenters. The van der Waals surface area contributed by atoms with Crippen molar-refractivity contribution < 1.29 is 9.53 Å². The van der Waals surface area contributed by atoms with Crippen molar-refractivity contribution in [2.75, 3.05) is 25.1 Å². The summed E-state index contributed by atoms with van der Waals surface area (Å²) in [6.07, 6.45) is 1.64. The van der Waals surface area contributed by atoms with Crippen molar-refractivity contribution in [1.29, 1.82) is 0 Å². The molecule has 0 saturated carbocycles. The van der Waals surface area contributed by atoms with Gasteiger partial charge in [-0.25, -0.2) is 0 Å². The zero-order valence-electron chi connectivity index (χ0n) is 11.1. The van der Waals surface area contributed by atoms with Crippen LogP contribution in [-0.4, -0.2) is 36.4 Å². The Labute approximate surface area is 125 Å². The molecule has 0 bridgehead atoms. The number of hydrogen-bond acceptors (Lipinski definition) is 7. The van der Waals surface area contributed by atoms with E-state index in [0.29, 0.717) is 0 Å². The molecule has 3 heterocycles. The van der Waals surface area contributed by atoms with Crippen molar-refractivity contribution in [1.82, 2.24) is 10.2 Å².